The van der Waals surface area contributed by atoms with Crippen molar-refractivity contribution in [2.45, 2.75) is 13.5 Å². The molecule has 1 aliphatic heterocycles. The average molecular weight is 477 g/mol. The molecular formula is C26H21ClN2O5. The minimum absolute atomic E-state index is 0.0598. The number of benzene rings is 3. The lowest BCUT2D eigenvalue weighted by molar-refractivity contribution is -0.112. The maximum atomic E-state index is 12.7. The number of halogens is 1. The van der Waals surface area contributed by atoms with Gasteiger partial charge < -0.3 is 24.3 Å². The Bertz CT molecular complexity index is 1310. The SMILES string of the molecule is COc1cc(/C=C(\C#N)C(=O)Nc2cccc(Cl)c2C)ccc1OCc1ccc2c(c1)OCO2. The minimum atomic E-state index is -0.532. The number of carbonyl (C=O) groups excluding carboxylic acids is 1. The van der Waals surface area contributed by atoms with Crippen LogP contribution < -0.4 is 24.3 Å². The Kier molecular flexibility index (Phi) is 6.90. The summed E-state index contributed by atoms with van der Waals surface area (Å²) < 4.78 is 22.1. The molecule has 1 aliphatic rings. The Labute approximate surface area is 202 Å². The van der Waals surface area contributed by atoms with Gasteiger partial charge >= 0.3 is 0 Å². The topological polar surface area (TPSA) is 89.8 Å². The third-order valence-electron chi connectivity index (χ3n) is 5.21. The Morgan fingerprint density at radius 3 is 2.76 bits per heavy atom. The zero-order valence-electron chi connectivity index (χ0n) is 18.6. The van der Waals surface area contributed by atoms with Crippen LogP contribution in [0.15, 0.2) is 60.2 Å². The van der Waals surface area contributed by atoms with Crippen molar-refractivity contribution in [3.05, 3.63) is 81.9 Å². The van der Waals surface area contributed by atoms with Crippen molar-refractivity contribution in [3.8, 4) is 29.1 Å². The molecule has 1 N–H and O–H groups in total. The summed E-state index contributed by atoms with van der Waals surface area (Å²) >= 11 is 6.11. The molecule has 0 aromatic heterocycles. The normalized spacial score (nSPS) is 12.1. The zero-order valence-corrected chi connectivity index (χ0v) is 19.3. The molecule has 7 nitrogen and oxygen atoms in total. The van der Waals surface area contributed by atoms with Gasteiger partial charge in [-0.1, -0.05) is 29.8 Å². The average Bonchev–Trinajstić information content (AvgIpc) is 3.32. The summed E-state index contributed by atoms with van der Waals surface area (Å²) in [4.78, 5) is 12.7. The summed E-state index contributed by atoms with van der Waals surface area (Å²) in [7, 11) is 1.52. The molecule has 0 saturated carbocycles. The van der Waals surface area contributed by atoms with E-state index in [1.165, 1.54) is 13.2 Å². The molecule has 0 unspecified atom stereocenters. The fraction of sp³-hybridized carbons (Fsp3) is 0.154. The molecule has 3 aromatic carbocycles. The molecule has 1 amide bonds. The molecule has 0 fully saturated rings. The van der Waals surface area contributed by atoms with Crippen LogP contribution in [0.2, 0.25) is 5.02 Å². The monoisotopic (exact) mass is 476 g/mol. The highest BCUT2D eigenvalue weighted by atomic mass is 35.5. The molecule has 0 spiro atoms. The van der Waals surface area contributed by atoms with Gasteiger partial charge in [0.1, 0.15) is 18.2 Å². The maximum Gasteiger partial charge on any atom is 0.266 e. The number of nitrogens with zero attached hydrogens (tertiary/aromatic N) is 1. The molecule has 0 atom stereocenters. The van der Waals surface area contributed by atoms with Crippen molar-refractivity contribution >= 4 is 29.3 Å². The molecule has 4 rings (SSSR count). The second kappa shape index (κ2) is 10.2. The maximum absolute atomic E-state index is 12.7. The Balaban J connectivity index is 1.48. The highest BCUT2D eigenvalue weighted by molar-refractivity contribution is 6.31. The van der Waals surface area contributed by atoms with Gasteiger partial charge in [0.2, 0.25) is 6.79 Å². The van der Waals surface area contributed by atoms with Gasteiger partial charge in [0, 0.05) is 10.7 Å². The number of nitriles is 1. The van der Waals surface area contributed by atoms with E-state index >= 15 is 0 Å². The van der Waals surface area contributed by atoms with Crippen molar-refractivity contribution in [2.75, 3.05) is 19.2 Å². The van der Waals surface area contributed by atoms with Crippen LogP contribution in [0.5, 0.6) is 23.0 Å². The number of fused-ring (bicyclic) bond motifs is 1. The summed E-state index contributed by atoms with van der Waals surface area (Å²) in [5.41, 5.74) is 2.73. The number of rotatable bonds is 7. The first-order valence-electron chi connectivity index (χ1n) is 10.4. The molecule has 34 heavy (non-hydrogen) atoms. The van der Waals surface area contributed by atoms with Gasteiger partial charge in [-0.25, -0.2) is 0 Å². The van der Waals surface area contributed by atoms with E-state index in [0.717, 1.165) is 11.1 Å². The van der Waals surface area contributed by atoms with Crippen molar-refractivity contribution in [1.82, 2.24) is 0 Å². The van der Waals surface area contributed by atoms with E-state index < -0.39 is 5.91 Å². The van der Waals surface area contributed by atoms with Crippen molar-refractivity contribution in [3.63, 3.8) is 0 Å². The number of nitrogens with one attached hydrogen (secondary N) is 1. The predicted octanol–water partition coefficient (Wildman–Crippen LogP) is 5.51. The third kappa shape index (κ3) is 5.08. The van der Waals surface area contributed by atoms with E-state index in [0.29, 0.717) is 45.9 Å². The lowest BCUT2D eigenvalue weighted by Crippen LogP contribution is -2.14. The molecule has 172 valence electrons. The highest BCUT2D eigenvalue weighted by Gasteiger charge is 2.15. The van der Waals surface area contributed by atoms with Crippen molar-refractivity contribution in [1.29, 1.82) is 5.26 Å². The van der Waals surface area contributed by atoms with Crippen LogP contribution in [0.4, 0.5) is 5.69 Å². The number of methoxy groups -OCH3 is 1. The second-order valence-electron chi connectivity index (χ2n) is 7.42. The first kappa shape index (κ1) is 23.0. The van der Waals surface area contributed by atoms with E-state index in [-0.39, 0.29) is 12.4 Å². The molecule has 0 saturated heterocycles. The quantitative estimate of drug-likeness (QED) is 0.357. The van der Waals surface area contributed by atoms with Crippen molar-refractivity contribution < 1.29 is 23.7 Å². The van der Waals surface area contributed by atoms with Gasteiger partial charge in [0.25, 0.3) is 5.91 Å². The lowest BCUT2D eigenvalue weighted by Gasteiger charge is -2.12. The van der Waals surface area contributed by atoms with Gasteiger partial charge in [0.15, 0.2) is 23.0 Å². The Hall–Kier alpha value is -4.15. The third-order valence-corrected chi connectivity index (χ3v) is 5.62. The van der Waals surface area contributed by atoms with Gasteiger partial charge in [-0.05, 0) is 66.1 Å². The van der Waals surface area contributed by atoms with Gasteiger partial charge in [0.05, 0.1) is 7.11 Å². The molecule has 0 radical (unpaired) electrons. The van der Waals surface area contributed by atoms with Crippen LogP contribution >= 0.6 is 11.6 Å². The first-order chi connectivity index (χ1) is 16.5. The highest BCUT2D eigenvalue weighted by Crippen LogP contribution is 2.34. The minimum Gasteiger partial charge on any atom is -0.493 e. The zero-order chi connectivity index (χ0) is 24.1. The summed E-state index contributed by atoms with van der Waals surface area (Å²) in [5, 5.41) is 12.8. The number of anilines is 1. The Morgan fingerprint density at radius 2 is 1.97 bits per heavy atom. The predicted molar refractivity (Wildman–Crippen MR) is 128 cm³/mol. The first-order valence-corrected chi connectivity index (χ1v) is 10.7. The van der Waals surface area contributed by atoms with E-state index in [4.69, 9.17) is 30.5 Å². The standard InChI is InChI=1S/C26H21ClN2O5/c1-16-20(27)4-3-5-21(16)29-26(30)19(13-28)10-17-6-8-22(24(11-17)31-2)32-14-18-7-9-23-25(12-18)34-15-33-23/h3-12H,14-15H2,1-2H3,(H,29,30)/b19-10+. The van der Waals surface area contributed by atoms with E-state index in [9.17, 15) is 10.1 Å². The van der Waals surface area contributed by atoms with E-state index in [2.05, 4.69) is 5.32 Å². The molecule has 0 aliphatic carbocycles. The molecular weight excluding hydrogens is 456 g/mol. The summed E-state index contributed by atoms with van der Waals surface area (Å²) in [6, 6.07) is 17.9. The summed E-state index contributed by atoms with van der Waals surface area (Å²) in [6.45, 7) is 2.30. The van der Waals surface area contributed by atoms with Crippen LogP contribution in [-0.4, -0.2) is 19.8 Å². The lowest BCUT2D eigenvalue weighted by atomic mass is 10.1. The second-order valence-corrected chi connectivity index (χ2v) is 7.83. The fourth-order valence-electron chi connectivity index (χ4n) is 3.33. The Morgan fingerprint density at radius 1 is 1.15 bits per heavy atom. The number of amides is 1. The van der Waals surface area contributed by atoms with Crippen LogP contribution in [0.1, 0.15) is 16.7 Å². The fourth-order valence-corrected chi connectivity index (χ4v) is 3.51. The van der Waals surface area contributed by atoms with Gasteiger partial charge in [-0.2, -0.15) is 5.26 Å². The van der Waals surface area contributed by atoms with Crippen LogP contribution in [0.3, 0.4) is 0 Å². The van der Waals surface area contributed by atoms with Crippen molar-refractivity contribution in [2.24, 2.45) is 0 Å². The largest absolute Gasteiger partial charge is 0.493 e. The number of ether oxygens (including phenoxy) is 4. The smallest absolute Gasteiger partial charge is 0.266 e. The molecule has 8 heteroatoms. The molecule has 0 bridgehead atoms. The van der Waals surface area contributed by atoms with Crippen LogP contribution in [0.25, 0.3) is 6.08 Å². The van der Waals surface area contributed by atoms with Gasteiger partial charge in [-0.15, -0.1) is 0 Å². The molecule has 3 aromatic rings. The summed E-state index contributed by atoms with van der Waals surface area (Å²) in [6.07, 6.45) is 1.49. The molecule has 1 heterocycles. The summed E-state index contributed by atoms with van der Waals surface area (Å²) in [5.74, 6) is 1.85. The van der Waals surface area contributed by atoms with Crippen LogP contribution in [0, 0.1) is 18.3 Å². The number of carbonyl (C=O) groups is 1. The van der Waals surface area contributed by atoms with Crippen LogP contribution in [-0.2, 0) is 11.4 Å². The van der Waals surface area contributed by atoms with Gasteiger partial charge in [-0.3, -0.25) is 4.79 Å². The number of hydrogen-bond donors (Lipinski definition) is 1. The number of hydrogen-bond acceptors (Lipinski definition) is 6. The van der Waals surface area contributed by atoms with E-state index in [1.54, 1.807) is 43.3 Å². The van der Waals surface area contributed by atoms with E-state index in [1.807, 2.05) is 24.3 Å².